The topological polar surface area (TPSA) is 64.0 Å². The van der Waals surface area contributed by atoms with E-state index in [1.54, 1.807) is 18.2 Å². The molecule has 1 N–H and O–H groups in total. The molecule has 0 aliphatic heterocycles. The van der Waals surface area contributed by atoms with Crippen LogP contribution in [-0.4, -0.2) is 21.5 Å². The number of hydrogen-bond acceptors (Lipinski definition) is 3. The number of rotatable bonds is 4. The van der Waals surface area contributed by atoms with Crippen molar-refractivity contribution >= 4 is 16.8 Å². The zero-order chi connectivity index (χ0) is 18.3. The third kappa shape index (κ3) is 3.10. The van der Waals surface area contributed by atoms with Crippen LogP contribution in [0.4, 0.5) is 4.39 Å². The zero-order valence-corrected chi connectivity index (χ0v) is 14.3. The first kappa shape index (κ1) is 16.4. The summed E-state index contributed by atoms with van der Waals surface area (Å²) in [5.74, 6) is -0.392. The van der Waals surface area contributed by atoms with Crippen LogP contribution < -0.4 is 10.9 Å². The predicted molar refractivity (Wildman–Crippen MR) is 96.4 cm³/mol. The van der Waals surface area contributed by atoms with Gasteiger partial charge in [-0.05, 0) is 42.7 Å². The summed E-state index contributed by atoms with van der Waals surface area (Å²) in [7, 11) is 0. The average molecular weight is 351 g/mol. The molecule has 5 nitrogen and oxygen atoms in total. The van der Waals surface area contributed by atoms with Crippen LogP contribution in [0.2, 0.25) is 0 Å². The van der Waals surface area contributed by atoms with Gasteiger partial charge in [0.2, 0.25) is 5.91 Å². The Balaban J connectivity index is 1.45. The molecular weight excluding hydrogens is 333 g/mol. The van der Waals surface area contributed by atoms with E-state index in [0.29, 0.717) is 10.9 Å². The lowest BCUT2D eigenvalue weighted by Crippen LogP contribution is -2.34. The number of para-hydroxylation sites is 1. The maximum Gasteiger partial charge on any atom is 0.261 e. The summed E-state index contributed by atoms with van der Waals surface area (Å²) >= 11 is 0. The van der Waals surface area contributed by atoms with Gasteiger partial charge in [-0.3, -0.25) is 14.2 Å². The number of carbonyl (C=O) groups is 1. The highest BCUT2D eigenvalue weighted by Gasteiger charge is 2.39. The summed E-state index contributed by atoms with van der Waals surface area (Å²) in [5.41, 5.74) is 2.23. The molecule has 1 aromatic heterocycles. The van der Waals surface area contributed by atoms with Gasteiger partial charge in [-0.1, -0.05) is 24.3 Å². The third-order valence-corrected chi connectivity index (χ3v) is 4.78. The number of carbonyl (C=O) groups excluding carboxylic acids is 1. The van der Waals surface area contributed by atoms with Gasteiger partial charge in [-0.15, -0.1) is 0 Å². The van der Waals surface area contributed by atoms with Crippen molar-refractivity contribution in [2.75, 3.05) is 0 Å². The molecule has 0 spiro atoms. The number of amides is 1. The van der Waals surface area contributed by atoms with E-state index >= 15 is 0 Å². The molecule has 26 heavy (non-hydrogen) atoms. The molecule has 1 aliphatic rings. The van der Waals surface area contributed by atoms with E-state index in [2.05, 4.69) is 10.3 Å². The summed E-state index contributed by atoms with van der Waals surface area (Å²) in [4.78, 5) is 29.1. The Hall–Kier alpha value is -3.02. The van der Waals surface area contributed by atoms with E-state index in [9.17, 15) is 14.0 Å². The lowest BCUT2D eigenvalue weighted by Gasteiger charge is -2.09. The second-order valence-corrected chi connectivity index (χ2v) is 6.72. The monoisotopic (exact) mass is 351 g/mol. The number of nitrogens with one attached hydrogen (secondary N) is 1. The lowest BCUT2D eigenvalue weighted by molar-refractivity contribution is -0.121. The quantitative estimate of drug-likeness (QED) is 0.786. The van der Waals surface area contributed by atoms with E-state index in [1.807, 2.05) is 19.1 Å². The smallest absolute Gasteiger partial charge is 0.261 e. The molecule has 0 radical (unpaired) electrons. The van der Waals surface area contributed by atoms with E-state index < -0.39 is 0 Å². The van der Waals surface area contributed by atoms with Gasteiger partial charge < -0.3 is 5.32 Å². The molecule has 4 rings (SSSR count). The van der Waals surface area contributed by atoms with E-state index in [4.69, 9.17) is 0 Å². The molecule has 132 valence electrons. The second-order valence-electron chi connectivity index (χ2n) is 6.72. The Bertz CT molecular complexity index is 1060. The van der Waals surface area contributed by atoms with Crippen molar-refractivity contribution in [3.05, 3.63) is 76.1 Å². The fourth-order valence-corrected chi connectivity index (χ4v) is 3.32. The molecule has 3 aromatic rings. The molecule has 1 saturated carbocycles. The Kier molecular flexibility index (Phi) is 4.03. The minimum atomic E-state index is -0.274. The largest absolute Gasteiger partial charge is 0.351 e. The van der Waals surface area contributed by atoms with E-state index in [-0.39, 0.29) is 35.8 Å². The van der Waals surface area contributed by atoms with Gasteiger partial charge in [-0.2, -0.15) is 0 Å². The molecule has 1 amide bonds. The first-order chi connectivity index (χ1) is 12.5. The third-order valence-electron chi connectivity index (χ3n) is 4.78. The summed E-state index contributed by atoms with van der Waals surface area (Å²) in [6.45, 7) is 1.81. The van der Waals surface area contributed by atoms with Crippen LogP contribution in [0.3, 0.4) is 0 Å². The number of hydrogen-bond donors (Lipinski definition) is 1. The van der Waals surface area contributed by atoms with Gasteiger partial charge in [-0.25, -0.2) is 9.37 Å². The highest BCUT2D eigenvalue weighted by Crippen LogP contribution is 2.40. The van der Waals surface area contributed by atoms with Gasteiger partial charge in [0.25, 0.3) is 5.56 Å². The highest BCUT2D eigenvalue weighted by molar-refractivity contribution is 5.81. The summed E-state index contributed by atoms with van der Waals surface area (Å²) < 4.78 is 14.6. The van der Waals surface area contributed by atoms with Gasteiger partial charge in [0.1, 0.15) is 12.4 Å². The first-order valence-corrected chi connectivity index (χ1v) is 8.52. The van der Waals surface area contributed by atoms with Crippen LogP contribution in [0.15, 0.2) is 53.6 Å². The molecule has 6 heteroatoms. The molecule has 2 atom stereocenters. The molecule has 2 aromatic carbocycles. The van der Waals surface area contributed by atoms with Crippen molar-refractivity contribution < 1.29 is 9.18 Å². The van der Waals surface area contributed by atoms with E-state index in [0.717, 1.165) is 17.5 Å². The van der Waals surface area contributed by atoms with Crippen molar-refractivity contribution in [1.29, 1.82) is 0 Å². The van der Waals surface area contributed by atoms with Gasteiger partial charge >= 0.3 is 0 Å². The van der Waals surface area contributed by atoms with Crippen molar-refractivity contribution in [3.63, 3.8) is 0 Å². The van der Waals surface area contributed by atoms with Crippen LogP contribution in [0.1, 0.15) is 23.5 Å². The van der Waals surface area contributed by atoms with Crippen LogP contribution in [-0.2, 0) is 11.3 Å². The van der Waals surface area contributed by atoms with E-state index in [1.165, 1.54) is 23.0 Å². The Morgan fingerprint density at radius 3 is 2.92 bits per heavy atom. The number of aromatic nitrogens is 2. The summed E-state index contributed by atoms with van der Waals surface area (Å²) in [6.07, 6.45) is 2.19. The van der Waals surface area contributed by atoms with Crippen LogP contribution >= 0.6 is 0 Å². The number of fused-ring (bicyclic) bond motifs is 1. The summed E-state index contributed by atoms with van der Waals surface area (Å²) in [6, 6.07) is 11.8. The molecular formula is C20H18FN3O2. The lowest BCUT2D eigenvalue weighted by atomic mass is 10.1. The zero-order valence-electron chi connectivity index (χ0n) is 14.3. The van der Waals surface area contributed by atoms with Crippen LogP contribution in [0, 0.1) is 12.7 Å². The fraction of sp³-hybridized carbons (Fsp3) is 0.250. The number of benzene rings is 2. The standard InChI is InChI=1S/C20H18FN3O2/c1-12-4-2-7-15-19(12)22-11-24(20(15)26)10-18(25)23-17-9-16(17)13-5-3-6-14(21)8-13/h2-8,11,16-17H,9-10H2,1H3,(H,23,25)/t16-,17+/m1/s1. The maximum absolute atomic E-state index is 13.3. The average Bonchev–Trinajstić information content (AvgIpc) is 3.37. The van der Waals surface area contributed by atoms with Gasteiger partial charge in [0.05, 0.1) is 17.2 Å². The van der Waals surface area contributed by atoms with Crippen LogP contribution in [0.5, 0.6) is 0 Å². The van der Waals surface area contributed by atoms with Gasteiger partial charge in [0, 0.05) is 12.0 Å². The number of nitrogens with zero attached hydrogens (tertiary/aromatic N) is 2. The predicted octanol–water partition coefficient (Wildman–Crippen LogP) is 2.52. The number of aryl methyl sites for hydroxylation is 1. The molecule has 0 saturated heterocycles. The minimum Gasteiger partial charge on any atom is -0.351 e. The molecule has 1 heterocycles. The minimum absolute atomic E-state index is 0.0179. The first-order valence-electron chi connectivity index (χ1n) is 8.52. The van der Waals surface area contributed by atoms with Crippen molar-refractivity contribution in [2.24, 2.45) is 0 Å². The molecule has 0 unspecified atom stereocenters. The SMILES string of the molecule is Cc1cccc2c(=O)n(CC(=O)N[C@H]3C[C@@H]3c3cccc(F)c3)cnc12. The Morgan fingerprint density at radius 2 is 2.12 bits per heavy atom. The molecule has 1 fully saturated rings. The molecule has 1 aliphatic carbocycles. The maximum atomic E-state index is 13.3. The van der Waals surface area contributed by atoms with Crippen molar-refractivity contribution in [2.45, 2.75) is 31.8 Å². The Morgan fingerprint density at radius 1 is 1.31 bits per heavy atom. The Labute approximate surface area is 149 Å². The highest BCUT2D eigenvalue weighted by atomic mass is 19.1. The van der Waals surface area contributed by atoms with Gasteiger partial charge in [0.15, 0.2) is 0 Å². The van der Waals surface area contributed by atoms with Crippen molar-refractivity contribution in [3.8, 4) is 0 Å². The number of halogens is 1. The van der Waals surface area contributed by atoms with Crippen LogP contribution in [0.25, 0.3) is 10.9 Å². The normalized spacial score (nSPS) is 18.7. The molecule has 0 bridgehead atoms. The van der Waals surface area contributed by atoms with Crippen molar-refractivity contribution in [1.82, 2.24) is 14.9 Å². The second kappa shape index (κ2) is 6.37. The fourth-order valence-electron chi connectivity index (χ4n) is 3.32. The summed E-state index contributed by atoms with van der Waals surface area (Å²) in [5, 5.41) is 3.41.